The number of nitro groups is 1. The summed E-state index contributed by atoms with van der Waals surface area (Å²) in [5.41, 5.74) is -0.199. The summed E-state index contributed by atoms with van der Waals surface area (Å²) >= 11 is 0. The van der Waals surface area contributed by atoms with Gasteiger partial charge in [0, 0.05) is 6.54 Å². The topological polar surface area (TPSA) is 104 Å². The minimum absolute atomic E-state index is 0.110. The zero-order chi connectivity index (χ0) is 13.8. The number of hydrogen-bond donors (Lipinski definition) is 3. The predicted octanol–water partition coefficient (Wildman–Crippen LogP) is 1.24. The molecule has 2 rings (SSSR count). The number of aromatic hydroxyl groups is 1. The second-order valence-electron chi connectivity index (χ2n) is 4.49. The summed E-state index contributed by atoms with van der Waals surface area (Å²) in [5, 5.41) is 25.8. The Morgan fingerprint density at radius 2 is 2.32 bits per heavy atom. The van der Waals surface area contributed by atoms with Gasteiger partial charge in [-0.05, 0) is 31.5 Å². The van der Waals surface area contributed by atoms with Crippen molar-refractivity contribution in [3.8, 4) is 5.75 Å². The monoisotopic (exact) mass is 265 g/mol. The average Bonchev–Trinajstić information content (AvgIpc) is 2.41. The first-order chi connectivity index (χ1) is 9.08. The lowest BCUT2D eigenvalue weighted by atomic mass is 9.99. The molecule has 1 aliphatic heterocycles. The van der Waals surface area contributed by atoms with Crippen molar-refractivity contribution in [1.29, 1.82) is 0 Å². The number of carbonyl (C=O) groups excluding carboxylic acids is 1. The maximum absolute atomic E-state index is 12.0. The third kappa shape index (κ3) is 3.19. The molecule has 0 bridgehead atoms. The summed E-state index contributed by atoms with van der Waals surface area (Å²) < 4.78 is 0. The third-order valence-electron chi connectivity index (χ3n) is 3.10. The highest BCUT2D eigenvalue weighted by atomic mass is 16.6. The molecule has 0 saturated carbocycles. The van der Waals surface area contributed by atoms with Crippen LogP contribution in [-0.2, 0) is 4.79 Å². The van der Waals surface area contributed by atoms with E-state index in [2.05, 4.69) is 10.6 Å². The maximum Gasteiger partial charge on any atom is 0.296 e. The van der Waals surface area contributed by atoms with Crippen LogP contribution in [0.2, 0.25) is 0 Å². The fourth-order valence-corrected chi connectivity index (χ4v) is 2.09. The van der Waals surface area contributed by atoms with Gasteiger partial charge in [-0.2, -0.15) is 0 Å². The molecular formula is C12H15N3O4. The molecule has 1 fully saturated rings. The summed E-state index contributed by atoms with van der Waals surface area (Å²) in [4.78, 5) is 22.2. The summed E-state index contributed by atoms with van der Waals surface area (Å²) in [7, 11) is 0. The Labute approximate surface area is 109 Å². The minimum atomic E-state index is -0.631. The van der Waals surface area contributed by atoms with Crippen molar-refractivity contribution in [3.63, 3.8) is 0 Å². The van der Waals surface area contributed by atoms with Crippen LogP contribution in [0.3, 0.4) is 0 Å². The van der Waals surface area contributed by atoms with E-state index < -0.39 is 4.92 Å². The highest BCUT2D eigenvalue weighted by Gasteiger charge is 2.23. The van der Waals surface area contributed by atoms with Crippen molar-refractivity contribution in [2.75, 3.05) is 18.4 Å². The summed E-state index contributed by atoms with van der Waals surface area (Å²) in [6.45, 7) is 1.47. The molecular weight excluding hydrogens is 250 g/mol. The second-order valence-corrected chi connectivity index (χ2v) is 4.49. The molecule has 1 saturated heterocycles. The second kappa shape index (κ2) is 5.66. The first-order valence-electron chi connectivity index (χ1n) is 6.07. The lowest BCUT2D eigenvalue weighted by molar-refractivity contribution is -0.384. The number of hydrogen-bond acceptors (Lipinski definition) is 5. The number of nitrogens with one attached hydrogen (secondary N) is 2. The number of piperidine rings is 1. The lowest BCUT2D eigenvalue weighted by Gasteiger charge is -2.21. The number of nitro benzene ring substituents is 1. The van der Waals surface area contributed by atoms with Crippen molar-refractivity contribution < 1.29 is 14.8 Å². The van der Waals surface area contributed by atoms with Crippen molar-refractivity contribution >= 4 is 17.3 Å². The highest BCUT2D eigenvalue weighted by Crippen LogP contribution is 2.29. The predicted molar refractivity (Wildman–Crippen MR) is 69.0 cm³/mol. The van der Waals surface area contributed by atoms with Gasteiger partial charge in [0.05, 0.1) is 16.9 Å². The van der Waals surface area contributed by atoms with Gasteiger partial charge in [-0.15, -0.1) is 0 Å². The molecule has 0 spiro atoms. The van der Waals surface area contributed by atoms with E-state index in [-0.39, 0.29) is 28.9 Å². The van der Waals surface area contributed by atoms with Gasteiger partial charge in [-0.3, -0.25) is 14.9 Å². The molecule has 1 unspecified atom stereocenters. The van der Waals surface area contributed by atoms with E-state index in [1.807, 2.05) is 0 Å². The molecule has 0 aromatic heterocycles. The van der Waals surface area contributed by atoms with E-state index in [4.69, 9.17) is 0 Å². The number of carbonyl (C=O) groups is 1. The third-order valence-corrected chi connectivity index (χ3v) is 3.10. The molecule has 19 heavy (non-hydrogen) atoms. The number of benzene rings is 1. The smallest absolute Gasteiger partial charge is 0.296 e. The van der Waals surface area contributed by atoms with Gasteiger partial charge in [0.25, 0.3) is 5.69 Å². The van der Waals surface area contributed by atoms with Gasteiger partial charge in [0.2, 0.25) is 5.91 Å². The Hall–Kier alpha value is -2.15. The Kier molecular flexibility index (Phi) is 3.96. The van der Waals surface area contributed by atoms with Gasteiger partial charge in [-0.1, -0.05) is 0 Å². The van der Waals surface area contributed by atoms with Crippen molar-refractivity contribution in [3.05, 3.63) is 28.3 Å². The largest absolute Gasteiger partial charge is 0.508 e. The van der Waals surface area contributed by atoms with Crippen molar-refractivity contribution in [2.45, 2.75) is 12.8 Å². The van der Waals surface area contributed by atoms with E-state index in [1.165, 1.54) is 12.1 Å². The van der Waals surface area contributed by atoms with Crippen LogP contribution in [0.1, 0.15) is 12.8 Å². The number of phenolic OH excluding ortho intramolecular Hbond substituents is 1. The number of amides is 1. The van der Waals surface area contributed by atoms with Gasteiger partial charge in [0.1, 0.15) is 11.4 Å². The standard InChI is InChI=1S/C12H15N3O4/c16-9-3-4-10(11(6-9)15(18)19)14-12(17)8-2-1-5-13-7-8/h3-4,6,8,13,16H,1-2,5,7H2,(H,14,17). The Morgan fingerprint density at radius 3 is 2.95 bits per heavy atom. The van der Waals surface area contributed by atoms with Crippen LogP contribution in [0.4, 0.5) is 11.4 Å². The van der Waals surface area contributed by atoms with E-state index in [0.29, 0.717) is 6.54 Å². The fraction of sp³-hybridized carbons (Fsp3) is 0.417. The van der Waals surface area contributed by atoms with E-state index in [1.54, 1.807) is 0 Å². The SMILES string of the molecule is O=C(Nc1ccc(O)cc1[N+](=O)[O-])C1CCCNC1. The Morgan fingerprint density at radius 1 is 1.53 bits per heavy atom. The minimum Gasteiger partial charge on any atom is -0.508 e. The Bertz CT molecular complexity index is 498. The molecule has 1 aliphatic rings. The van der Waals surface area contributed by atoms with Crippen LogP contribution >= 0.6 is 0 Å². The van der Waals surface area contributed by atoms with Gasteiger partial charge >= 0.3 is 0 Å². The first-order valence-corrected chi connectivity index (χ1v) is 6.07. The maximum atomic E-state index is 12.0. The van der Waals surface area contributed by atoms with Crippen LogP contribution in [-0.4, -0.2) is 29.0 Å². The normalized spacial score (nSPS) is 18.8. The van der Waals surface area contributed by atoms with Crippen LogP contribution < -0.4 is 10.6 Å². The van der Waals surface area contributed by atoms with Gasteiger partial charge in [-0.25, -0.2) is 0 Å². The van der Waals surface area contributed by atoms with Gasteiger partial charge in [0.15, 0.2) is 0 Å². The molecule has 1 amide bonds. The average molecular weight is 265 g/mol. The summed E-state index contributed by atoms with van der Waals surface area (Å²) in [6, 6.07) is 3.66. The molecule has 0 radical (unpaired) electrons. The van der Waals surface area contributed by atoms with E-state index >= 15 is 0 Å². The van der Waals surface area contributed by atoms with Crippen LogP contribution in [0.5, 0.6) is 5.75 Å². The Balaban J connectivity index is 2.13. The van der Waals surface area contributed by atoms with E-state index in [0.717, 1.165) is 25.5 Å². The fourth-order valence-electron chi connectivity index (χ4n) is 2.09. The molecule has 1 aromatic carbocycles. The highest BCUT2D eigenvalue weighted by molar-refractivity contribution is 5.95. The molecule has 3 N–H and O–H groups in total. The molecule has 7 nitrogen and oxygen atoms in total. The number of anilines is 1. The van der Waals surface area contributed by atoms with Crippen molar-refractivity contribution in [1.82, 2.24) is 5.32 Å². The first kappa shape index (κ1) is 13.3. The van der Waals surface area contributed by atoms with Crippen LogP contribution in [0, 0.1) is 16.0 Å². The van der Waals surface area contributed by atoms with Crippen LogP contribution in [0.15, 0.2) is 18.2 Å². The van der Waals surface area contributed by atoms with Crippen molar-refractivity contribution in [2.24, 2.45) is 5.92 Å². The number of rotatable bonds is 3. The zero-order valence-electron chi connectivity index (χ0n) is 10.3. The van der Waals surface area contributed by atoms with E-state index in [9.17, 15) is 20.0 Å². The number of phenols is 1. The molecule has 1 aromatic rings. The molecule has 0 aliphatic carbocycles. The van der Waals surface area contributed by atoms with Crippen LogP contribution in [0.25, 0.3) is 0 Å². The lowest BCUT2D eigenvalue weighted by Crippen LogP contribution is -2.37. The number of nitrogens with zero attached hydrogens (tertiary/aromatic N) is 1. The summed E-state index contributed by atoms with van der Waals surface area (Å²) in [5.74, 6) is -0.618. The summed E-state index contributed by atoms with van der Waals surface area (Å²) in [6.07, 6.45) is 1.68. The molecule has 102 valence electrons. The quantitative estimate of drug-likeness (QED) is 0.433. The molecule has 7 heteroatoms. The zero-order valence-corrected chi connectivity index (χ0v) is 10.3. The van der Waals surface area contributed by atoms with Gasteiger partial charge < -0.3 is 15.7 Å². The molecule has 1 heterocycles. The molecule has 1 atom stereocenters.